The van der Waals surface area contributed by atoms with Crippen LogP contribution in [0.25, 0.3) is 10.2 Å². The summed E-state index contributed by atoms with van der Waals surface area (Å²) in [6.07, 6.45) is 1.06. The minimum Gasteiger partial charge on any atom is -0.495 e. The number of methoxy groups -OCH3 is 2. The molecule has 2 aromatic carbocycles. The summed E-state index contributed by atoms with van der Waals surface area (Å²) in [5.74, 6) is 2.71. The standard InChI is InChI=1S/C25H29N3O6S.ClH/c1-30-19-6-7-20(31-2)24-23(19)26-25(35-24)28(9-3-8-27-10-12-32-13-11-27)22(29)15-17-4-5-18-21(14-17)34-16-33-18;/h4-7,14H,3,8-13,15-16H2,1-2H3;1H. The summed E-state index contributed by atoms with van der Waals surface area (Å²) in [7, 11) is 3.25. The number of carbonyl (C=O) groups excluding carboxylic acids is 1. The summed E-state index contributed by atoms with van der Waals surface area (Å²) in [4.78, 5) is 22.6. The van der Waals surface area contributed by atoms with Gasteiger partial charge < -0.3 is 23.7 Å². The molecule has 3 aromatic rings. The predicted molar refractivity (Wildman–Crippen MR) is 140 cm³/mol. The van der Waals surface area contributed by atoms with Crippen LogP contribution in [-0.2, 0) is 16.0 Å². The van der Waals surface area contributed by atoms with Gasteiger partial charge in [0, 0.05) is 26.2 Å². The van der Waals surface area contributed by atoms with Crippen molar-refractivity contribution in [3.8, 4) is 23.0 Å². The molecule has 194 valence electrons. The van der Waals surface area contributed by atoms with E-state index in [0.29, 0.717) is 40.2 Å². The highest BCUT2D eigenvalue weighted by molar-refractivity contribution is 7.22. The van der Waals surface area contributed by atoms with Crippen LogP contribution in [0, 0.1) is 0 Å². The van der Waals surface area contributed by atoms with E-state index < -0.39 is 0 Å². The van der Waals surface area contributed by atoms with Gasteiger partial charge in [-0.05, 0) is 36.2 Å². The lowest BCUT2D eigenvalue weighted by Crippen LogP contribution is -2.39. The average molecular weight is 536 g/mol. The van der Waals surface area contributed by atoms with E-state index in [0.717, 1.165) is 49.5 Å². The second-order valence-corrected chi connectivity index (χ2v) is 9.34. The minimum absolute atomic E-state index is 0. The van der Waals surface area contributed by atoms with Crippen LogP contribution in [0.15, 0.2) is 30.3 Å². The number of carbonyl (C=O) groups is 1. The number of hydrogen-bond acceptors (Lipinski definition) is 9. The van der Waals surface area contributed by atoms with Gasteiger partial charge in [-0.3, -0.25) is 14.6 Å². The molecule has 0 unspecified atom stereocenters. The zero-order valence-corrected chi connectivity index (χ0v) is 22.0. The smallest absolute Gasteiger partial charge is 0.233 e. The van der Waals surface area contributed by atoms with Gasteiger partial charge in [-0.25, -0.2) is 4.98 Å². The number of thiazole rings is 1. The normalized spacial score (nSPS) is 14.9. The van der Waals surface area contributed by atoms with E-state index in [-0.39, 0.29) is 31.5 Å². The fraction of sp³-hybridized carbons (Fsp3) is 0.440. The molecular weight excluding hydrogens is 506 g/mol. The van der Waals surface area contributed by atoms with Crippen LogP contribution >= 0.6 is 23.7 Å². The molecule has 0 N–H and O–H groups in total. The summed E-state index contributed by atoms with van der Waals surface area (Å²) in [5.41, 5.74) is 1.56. The van der Waals surface area contributed by atoms with E-state index in [1.54, 1.807) is 19.1 Å². The average Bonchev–Trinajstić information content (AvgIpc) is 3.53. The van der Waals surface area contributed by atoms with Crippen molar-refractivity contribution in [2.24, 2.45) is 0 Å². The Bertz CT molecular complexity index is 1160. The summed E-state index contributed by atoms with van der Waals surface area (Å²) in [5, 5.41) is 0.635. The van der Waals surface area contributed by atoms with Gasteiger partial charge in [0.15, 0.2) is 16.6 Å². The lowest BCUT2D eigenvalue weighted by Gasteiger charge is -2.27. The SMILES string of the molecule is COc1ccc(OC)c2sc(N(CCCN3CCOCC3)C(=O)Cc3ccc4c(c3)OCO4)nc12.Cl. The van der Waals surface area contributed by atoms with E-state index in [9.17, 15) is 4.79 Å². The first-order valence-electron chi connectivity index (χ1n) is 11.7. The lowest BCUT2D eigenvalue weighted by atomic mass is 10.1. The van der Waals surface area contributed by atoms with Crippen molar-refractivity contribution >= 4 is 45.0 Å². The molecule has 0 aliphatic carbocycles. The van der Waals surface area contributed by atoms with Gasteiger partial charge in [-0.15, -0.1) is 12.4 Å². The first kappa shape index (κ1) is 26.3. The van der Waals surface area contributed by atoms with Gasteiger partial charge in [0.25, 0.3) is 0 Å². The number of rotatable bonds is 9. The molecule has 1 fully saturated rings. The number of morpholine rings is 1. The van der Waals surface area contributed by atoms with Crippen LogP contribution in [0.2, 0.25) is 0 Å². The molecule has 2 aliphatic heterocycles. The highest BCUT2D eigenvalue weighted by atomic mass is 35.5. The Kier molecular flexibility index (Phi) is 8.73. The summed E-state index contributed by atoms with van der Waals surface area (Å²) >= 11 is 1.44. The largest absolute Gasteiger partial charge is 0.495 e. The van der Waals surface area contributed by atoms with Crippen LogP contribution in [0.3, 0.4) is 0 Å². The number of hydrogen-bond donors (Lipinski definition) is 0. The van der Waals surface area contributed by atoms with Crippen LogP contribution < -0.4 is 23.8 Å². The fourth-order valence-corrected chi connectivity index (χ4v) is 5.43. The quantitative estimate of drug-likeness (QED) is 0.409. The van der Waals surface area contributed by atoms with Gasteiger partial charge in [-0.2, -0.15) is 0 Å². The molecule has 36 heavy (non-hydrogen) atoms. The maximum absolute atomic E-state index is 13.6. The van der Waals surface area contributed by atoms with Crippen molar-refractivity contribution in [1.29, 1.82) is 0 Å². The topological polar surface area (TPSA) is 82.6 Å². The molecule has 3 heterocycles. The highest BCUT2D eigenvalue weighted by Crippen LogP contribution is 2.40. The summed E-state index contributed by atoms with van der Waals surface area (Å²) in [6.45, 7) is 5.01. The Morgan fingerprint density at radius 1 is 1.08 bits per heavy atom. The van der Waals surface area contributed by atoms with Crippen molar-refractivity contribution in [3.05, 3.63) is 35.9 Å². The Morgan fingerprint density at radius 3 is 2.61 bits per heavy atom. The molecule has 0 radical (unpaired) electrons. The highest BCUT2D eigenvalue weighted by Gasteiger charge is 2.24. The van der Waals surface area contributed by atoms with E-state index in [4.69, 9.17) is 28.7 Å². The van der Waals surface area contributed by atoms with Crippen molar-refractivity contribution in [3.63, 3.8) is 0 Å². The summed E-state index contributed by atoms with van der Waals surface area (Å²) in [6, 6.07) is 9.32. The van der Waals surface area contributed by atoms with Gasteiger partial charge in [0.2, 0.25) is 12.7 Å². The molecule has 0 saturated carbocycles. The zero-order valence-electron chi connectivity index (χ0n) is 20.4. The minimum atomic E-state index is -0.0252. The van der Waals surface area contributed by atoms with Crippen LogP contribution in [0.1, 0.15) is 12.0 Å². The second-order valence-electron chi connectivity index (χ2n) is 8.36. The van der Waals surface area contributed by atoms with E-state index in [2.05, 4.69) is 4.90 Å². The van der Waals surface area contributed by atoms with Gasteiger partial charge in [0.1, 0.15) is 21.7 Å². The molecule has 5 rings (SSSR count). The first-order chi connectivity index (χ1) is 17.2. The van der Waals surface area contributed by atoms with E-state index in [1.165, 1.54) is 11.3 Å². The number of halogens is 1. The molecule has 2 aliphatic rings. The molecule has 1 amide bonds. The maximum Gasteiger partial charge on any atom is 0.233 e. The van der Waals surface area contributed by atoms with Crippen LogP contribution in [0.4, 0.5) is 5.13 Å². The Balaban J connectivity index is 0.00000304. The molecular formula is C25H30ClN3O6S. The van der Waals surface area contributed by atoms with Crippen molar-refractivity contribution in [2.75, 3.05) is 65.3 Å². The molecule has 0 spiro atoms. The predicted octanol–water partition coefficient (Wildman–Crippen LogP) is 3.76. The summed E-state index contributed by atoms with van der Waals surface area (Å²) < 4.78 is 28.3. The molecule has 9 nitrogen and oxygen atoms in total. The third-order valence-electron chi connectivity index (χ3n) is 6.18. The van der Waals surface area contributed by atoms with Gasteiger partial charge >= 0.3 is 0 Å². The maximum atomic E-state index is 13.6. The molecule has 0 bridgehead atoms. The third kappa shape index (κ3) is 5.62. The van der Waals surface area contributed by atoms with Crippen LogP contribution in [0.5, 0.6) is 23.0 Å². The zero-order chi connectivity index (χ0) is 24.2. The lowest BCUT2D eigenvalue weighted by molar-refractivity contribution is -0.118. The number of fused-ring (bicyclic) bond motifs is 2. The number of amides is 1. The van der Waals surface area contributed by atoms with E-state index >= 15 is 0 Å². The fourth-order valence-electron chi connectivity index (χ4n) is 4.31. The van der Waals surface area contributed by atoms with Crippen molar-refractivity contribution in [1.82, 2.24) is 9.88 Å². The number of aromatic nitrogens is 1. The van der Waals surface area contributed by atoms with Gasteiger partial charge in [-0.1, -0.05) is 17.4 Å². The van der Waals surface area contributed by atoms with Crippen molar-refractivity contribution in [2.45, 2.75) is 12.8 Å². The Morgan fingerprint density at radius 2 is 1.83 bits per heavy atom. The molecule has 1 aromatic heterocycles. The molecule has 11 heteroatoms. The van der Waals surface area contributed by atoms with Crippen molar-refractivity contribution < 1.29 is 28.5 Å². The van der Waals surface area contributed by atoms with Crippen LogP contribution in [-0.4, -0.2) is 76.2 Å². The monoisotopic (exact) mass is 535 g/mol. The van der Waals surface area contributed by atoms with E-state index in [1.807, 2.05) is 30.3 Å². The Hall–Kier alpha value is -2.79. The van der Waals surface area contributed by atoms with Gasteiger partial charge in [0.05, 0.1) is 33.9 Å². The number of ether oxygens (including phenoxy) is 5. The third-order valence-corrected chi connectivity index (χ3v) is 7.28. The second kappa shape index (κ2) is 12.0. The number of anilines is 1. The number of nitrogens with zero attached hydrogens (tertiary/aromatic N) is 3. The molecule has 1 saturated heterocycles. The first-order valence-corrected chi connectivity index (χ1v) is 12.5. The Labute approximate surface area is 220 Å². The number of benzene rings is 2. The molecule has 0 atom stereocenters.